The quantitative estimate of drug-likeness (QED) is 0.631. The van der Waals surface area contributed by atoms with E-state index in [-0.39, 0.29) is 0 Å². The standard InChI is InChI=1S/C22H24N2O/c1-16(2)15-25-22-20(14-18-10-6-4-7-11-18)17(3)23-21(24-22)19-12-8-5-9-13-19/h4-13,16H,14-15H2,1-3H3. The summed E-state index contributed by atoms with van der Waals surface area (Å²) in [5.74, 6) is 1.86. The van der Waals surface area contributed by atoms with E-state index in [1.54, 1.807) is 0 Å². The first-order valence-electron chi connectivity index (χ1n) is 8.73. The average Bonchev–Trinajstić information content (AvgIpc) is 2.63. The Bertz CT molecular complexity index is 814. The highest BCUT2D eigenvalue weighted by molar-refractivity contribution is 5.56. The first kappa shape index (κ1) is 17.2. The molecule has 0 saturated heterocycles. The molecular weight excluding hydrogens is 308 g/mol. The van der Waals surface area contributed by atoms with E-state index in [4.69, 9.17) is 14.7 Å². The highest BCUT2D eigenvalue weighted by Gasteiger charge is 2.15. The molecular formula is C22H24N2O. The summed E-state index contributed by atoms with van der Waals surface area (Å²) in [6.45, 7) is 6.97. The van der Waals surface area contributed by atoms with Crippen molar-refractivity contribution >= 4 is 0 Å². The van der Waals surface area contributed by atoms with Gasteiger partial charge in [0.25, 0.3) is 0 Å². The Kier molecular flexibility index (Phi) is 5.44. The monoisotopic (exact) mass is 332 g/mol. The maximum atomic E-state index is 6.06. The number of aryl methyl sites for hydroxylation is 1. The van der Waals surface area contributed by atoms with E-state index in [2.05, 4.69) is 38.1 Å². The number of aromatic nitrogens is 2. The van der Waals surface area contributed by atoms with Gasteiger partial charge in [-0.1, -0.05) is 74.5 Å². The SMILES string of the molecule is Cc1nc(-c2ccccc2)nc(OCC(C)C)c1Cc1ccccc1. The molecule has 0 radical (unpaired) electrons. The lowest BCUT2D eigenvalue weighted by molar-refractivity contribution is 0.258. The van der Waals surface area contributed by atoms with Crippen molar-refractivity contribution in [1.82, 2.24) is 9.97 Å². The van der Waals surface area contributed by atoms with Crippen LogP contribution in [0.3, 0.4) is 0 Å². The Morgan fingerprint density at radius 3 is 2.16 bits per heavy atom. The Balaban J connectivity index is 2.00. The van der Waals surface area contributed by atoms with Gasteiger partial charge in [-0.3, -0.25) is 0 Å². The molecule has 0 aliphatic rings. The number of nitrogens with zero attached hydrogens (tertiary/aromatic N) is 2. The normalized spacial score (nSPS) is 10.9. The van der Waals surface area contributed by atoms with Crippen molar-refractivity contribution < 1.29 is 4.74 Å². The zero-order valence-corrected chi connectivity index (χ0v) is 15.1. The van der Waals surface area contributed by atoms with E-state index < -0.39 is 0 Å². The van der Waals surface area contributed by atoms with Gasteiger partial charge in [0, 0.05) is 23.2 Å². The van der Waals surface area contributed by atoms with Crippen LogP contribution in [0, 0.1) is 12.8 Å². The summed E-state index contributed by atoms with van der Waals surface area (Å²) in [4.78, 5) is 9.47. The predicted molar refractivity (Wildman–Crippen MR) is 102 cm³/mol. The van der Waals surface area contributed by atoms with E-state index in [1.807, 2.05) is 43.3 Å². The van der Waals surface area contributed by atoms with Crippen LogP contribution in [0.5, 0.6) is 5.88 Å². The van der Waals surface area contributed by atoms with Gasteiger partial charge < -0.3 is 4.74 Å². The molecule has 0 aliphatic heterocycles. The van der Waals surface area contributed by atoms with Gasteiger partial charge in [-0.25, -0.2) is 4.98 Å². The third kappa shape index (κ3) is 4.44. The van der Waals surface area contributed by atoms with Crippen LogP contribution in [-0.4, -0.2) is 16.6 Å². The van der Waals surface area contributed by atoms with Crippen LogP contribution in [0.15, 0.2) is 60.7 Å². The maximum absolute atomic E-state index is 6.06. The van der Waals surface area contributed by atoms with Gasteiger partial charge in [-0.15, -0.1) is 0 Å². The number of hydrogen-bond acceptors (Lipinski definition) is 3. The molecule has 2 aromatic carbocycles. The number of ether oxygens (including phenoxy) is 1. The van der Waals surface area contributed by atoms with Gasteiger partial charge in [-0.05, 0) is 18.4 Å². The smallest absolute Gasteiger partial charge is 0.220 e. The molecule has 0 atom stereocenters. The summed E-state index contributed by atoms with van der Waals surface area (Å²) in [7, 11) is 0. The molecule has 3 heteroatoms. The molecule has 128 valence electrons. The fourth-order valence-corrected chi connectivity index (χ4v) is 2.65. The second kappa shape index (κ2) is 7.93. The maximum Gasteiger partial charge on any atom is 0.220 e. The zero-order valence-electron chi connectivity index (χ0n) is 15.1. The number of benzene rings is 2. The Morgan fingerprint density at radius 2 is 1.52 bits per heavy atom. The largest absolute Gasteiger partial charge is 0.477 e. The summed E-state index contributed by atoms with van der Waals surface area (Å²) in [6.07, 6.45) is 0.773. The molecule has 0 spiro atoms. The second-order valence-corrected chi connectivity index (χ2v) is 6.65. The fourth-order valence-electron chi connectivity index (χ4n) is 2.65. The minimum Gasteiger partial charge on any atom is -0.477 e. The summed E-state index contributed by atoms with van der Waals surface area (Å²) in [5.41, 5.74) is 4.27. The molecule has 0 N–H and O–H groups in total. The van der Waals surface area contributed by atoms with E-state index >= 15 is 0 Å². The zero-order chi connectivity index (χ0) is 17.6. The summed E-state index contributed by atoms with van der Waals surface area (Å²) in [5, 5.41) is 0. The van der Waals surface area contributed by atoms with Gasteiger partial charge in [0.1, 0.15) is 0 Å². The van der Waals surface area contributed by atoms with Crippen LogP contribution < -0.4 is 4.74 Å². The Hall–Kier alpha value is -2.68. The molecule has 0 saturated carbocycles. The minimum atomic E-state index is 0.444. The second-order valence-electron chi connectivity index (χ2n) is 6.65. The van der Waals surface area contributed by atoms with Crippen LogP contribution >= 0.6 is 0 Å². The molecule has 0 unspecified atom stereocenters. The molecule has 0 fully saturated rings. The summed E-state index contributed by atoms with van der Waals surface area (Å²) >= 11 is 0. The fraction of sp³-hybridized carbons (Fsp3) is 0.273. The van der Waals surface area contributed by atoms with Gasteiger partial charge in [0.2, 0.25) is 5.88 Å². The molecule has 1 aromatic heterocycles. The first-order chi connectivity index (χ1) is 12.1. The van der Waals surface area contributed by atoms with Crippen molar-refractivity contribution in [2.45, 2.75) is 27.2 Å². The van der Waals surface area contributed by atoms with Crippen molar-refractivity contribution in [3.63, 3.8) is 0 Å². The highest BCUT2D eigenvalue weighted by atomic mass is 16.5. The predicted octanol–water partition coefficient (Wildman–Crippen LogP) is 5.08. The molecule has 3 aromatic rings. The molecule has 25 heavy (non-hydrogen) atoms. The molecule has 0 amide bonds. The Labute approximate surface area is 149 Å². The van der Waals surface area contributed by atoms with E-state index in [0.29, 0.717) is 24.2 Å². The van der Waals surface area contributed by atoms with Crippen molar-refractivity contribution in [1.29, 1.82) is 0 Å². The lowest BCUT2D eigenvalue weighted by Gasteiger charge is -2.15. The van der Waals surface area contributed by atoms with Crippen LogP contribution in [0.1, 0.15) is 30.7 Å². The minimum absolute atomic E-state index is 0.444. The van der Waals surface area contributed by atoms with Crippen LogP contribution in [-0.2, 0) is 6.42 Å². The van der Waals surface area contributed by atoms with E-state index in [9.17, 15) is 0 Å². The molecule has 3 rings (SSSR count). The third-order valence-corrected chi connectivity index (χ3v) is 3.99. The Morgan fingerprint density at radius 1 is 0.880 bits per heavy atom. The lowest BCUT2D eigenvalue weighted by Crippen LogP contribution is -2.10. The van der Waals surface area contributed by atoms with Gasteiger partial charge >= 0.3 is 0 Å². The first-order valence-corrected chi connectivity index (χ1v) is 8.73. The van der Waals surface area contributed by atoms with Gasteiger partial charge in [0.15, 0.2) is 5.82 Å². The number of hydrogen-bond donors (Lipinski definition) is 0. The molecule has 0 aliphatic carbocycles. The van der Waals surface area contributed by atoms with E-state index in [0.717, 1.165) is 23.2 Å². The van der Waals surface area contributed by atoms with E-state index in [1.165, 1.54) is 5.56 Å². The van der Waals surface area contributed by atoms with Crippen molar-refractivity contribution in [2.75, 3.05) is 6.61 Å². The number of rotatable bonds is 6. The molecule has 3 nitrogen and oxygen atoms in total. The lowest BCUT2D eigenvalue weighted by atomic mass is 10.0. The van der Waals surface area contributed by atoms with Crippen LogP contribution in [0.4, 0.5) is 0 Å². The highest BCUT2D eigenvalue weighted by Crippen LogP contribution is 2.26. The average molecular weight is 332 g/mol. The van der Waals surface area contributed by atoms with Gasteiger partial charge in [0.05, 0.1) is 6.61 Å². The van der Waals surface area contributed by atoms with Crippen LogP contribution in [0.25, 0.3) is 11.4 Å². The van der Waals surface area contributed by atoms with Crippen molar-refractivity contribution in [3.05, 3.63) is 77.5 Å². The molecule has 1 heterocycles. The van der Waals surface area contributed by atoms with Crippen molar-refractivity contribution in [2.24, 2.45) is 5.92 Å². The van der Waals surface area contributed by atoms with Crippen molar-refractivity contribution in [3.8, 4) is 17.3 Å². The topological polar surface area (TPSA) is 35.0 Å². The van der Waals surface area contributed by atoms with Gasteiger partial charge in [-0.2, -0.15) is 4.98 Å². The van der Waals surface area contributed by atoms with Crippen LogP contribution in [0.2, 0.25) is 0 Å². The molecule has 0 bridgehead atoms. The summed E-state index contributed by atoms with van der Waals surface area (Å²) < 4.78 is 6.06. The summed E-state index contributed by atoms with van der Waals surface area (Å²) in [6, 6.07) is 20.4. The third-order valence-electron chi connectivity index (χ3n) is 3.99.